The normalized spacial score (nSPS) is 18.0. The number of hydrogen-bond acceptors (Lipinski definition) is 5. The van der Waals surface area contributed by atoms with Crippen molar-refractivity contribution in [2.24, 2.45) is 5.92 Å². The fraction of sp³-hybridized carbons (Fsp3) is 0.567. The Balaban J connectivity index is 1.14. The maximum atomic E-state index is 13.0. The van der Waals surface area contributed by atoms with Gasteiger partial charge in [0.05, 0.1) is 13.2 Å². The van der Waals surface area contributed by atoms with Gasteiger partial charge in [-0.25, -0.2) is 0 Å². The number of carbonyl (C=O) groups is 1. The molecule has 2 aliphatic rings. The van der Waals surface area contributed by atoms with Crippen molar-refractivity contribution in [2.75, 3.05) is 72.1 Å². The first-order valence-corrected chi connectivity index (χ1v) is 13.8. The maximum absolute atomic E-state index is 13.0. The third-order valence-electron chi connectivity index (χ3n) is 7.43. The van der Waals surface area contributed by atoms with Crippen LogP contribution in [0.15, 0.2) is 54.6 Å². The molecule has 0 aliphatic carbocycles. The highest BCUT2D eigenvalue weighted by Gasteiger charge is 2.25. The molecule has 4 rings (SSSR count). The molecule has 0 radical (unpaired) electrons. The lowest BCUT2D eigenvalue weighted by molar-refractivity contribution is -0.134. The molecule has 36 heavy (non-hydrogen) atoms. The molecule has 2 aliphatic heterocycles. The van der Waals surface area contributed by atoms with E-state index in [2.05, 4.69) is 82.0 Å². The van der Waals surface area contributed by atoms with Crippen LogP contribution in [0.1, 0.15) is 31.4 Å². The van der Waals surface area contributed by atoms with E-state index in [1.165, 1.54) is 11.1 Å². The molecule has 0 spiro atoms. The number of benzene rings is 2. The summed E-state index contributed by atoms with van der Waals surface area (Å²) in [6.07, 6.45) is 2.16. The maximum Gasteiger partial charge on any atom is 0.236 e. The standard InChI is InChI=1S/C30H44N4O2/c1-26(2)13-23-36-29-11-7-6-10-28(29)24-32-19-21-34(22-20-32)30(35)25-33-17-15-31(16-18-33)14-12-27-8-4-3-5-9-27/h3-11,26H,12-25H2,1-2H3. The van der Waals surface area contributed by atoms with Crippen molar-refractivity contribution in [3.05, 3.63) is 65.7 Å². The van der Waals surface area contributed by atoms with Crippen molar-refractivity contribution in [2.45, 2.75) is 33.2 Å². The van der Waals surface area contributed by atoms with Gasteiger partial charge in [-0.2, -0.15) is 0 Å². The quantitative estimate of drug-likeness (QED) is 0.479. The minimum absolute atomic E-state index is 0.282. The van der Waals surface area contributed by atoms with Crippen LogP contribution in [0.2, 0.25) is 0 Å². The Morgan fingerprint density at radius 3 is 2.17 bits per heavy atom. The molecular formula is C30H44N4O2. The monoisotopic (exact) mass is 492 g/mol. The lowest BCUT2D eigenvalue weighted by atomic mass is 10.1. The molecular weight excluding hydrogens is 448 g/mol. The number of piperazine rings is 2. The van der Waals surface area contributed by atoms with Gasteiger partial charge in [0.25, 0.3) is 0 Å². The summed E-state index contributed by atoms with van der Waals surface area (Å²) in [4.78, 5) is 22.3. The summed E-state index contributed by atoms with van der Waals surface area (Å²) in [7, 11) is 0. The van der Waals surface area contributed by atoms with Gasteiger partial charge in [-0.05, 0) is 30.4 Å². The van der Waals surface area contributed by atoms with Crippen LogP contribution in [0.3, 0.4) is 0 Å². The van der Waals surface area contributed by atoms with Gasteiger partial charge in [-0.1, -0.05) is 62.4 Å². The molecule has 2 fully saturated rings. The summed E-state index contributed by atoms with van der Waals surface area (Å²) < 4.78 is 6.08. The molecule has 0 N–H and O–H groups in total. The lowest BCUT2D eigenvalue weighted by Crippen LogP contribution is -2.53. The van der Waals surface area contributed by atoms with E-state index in [-0.39, 0.29) is 5.91 Å². The zero-order chi connectivity index (χ0) is 25.2. The molecule has 0 bridgehead atoms. The summed E-state index contributed by atoms with van der Waals surface area (Å²) >= 11 is 0. The first-order chi connectivity index (χ1) is 17.6. The van der Waals surface area contributed by atoms with Crippen molar-refractivity contribution in [3.63, 3.8) is 0 Å². The van der Waals surface area contributed by atoms with Crippen molar-refractivity contribution in [1.82, 2.24) is 19.6 Å². The van der Waals surface area contributed by atoms with Crippen molar-refractivity contribution >= 4 is 5.91 Å². The van der Waals surface area contributed by atoms with Crippen LogP contribution in [0.25, 0.3) is 0 Å². The minimum atomic E-state index is 0.282. The Hall–Kier alpha value is -2.41. The number of nitrogens with zero attached hydrogens (tertiary/aromatic N) is 4. The number of rotatable bonds is 11. The van der Waals surface area contributed by atoms with Crippen LogP contribution in [-0.2, 0) is 17.8 Å². The summed E-state index contributed by atoms with van der Waals surface area (Å²) in [5.74, 6) is 1.93. The second-order valence-electron chi connectivity index (χ2n) is 10.6. The highest BCUT2D eigenvalue weighted by molar-refractivity contribution is 5.78. The average Bonchev–Trinajstić information content (AvgIpc) is 2.90. The number of para-hydroxylation sites is 1. The molecule has 196 valence electrons. The van der Waals surface area contributed by atoms with E-state index >= 15 is 0 Å². The first kappa shape index (κ1) is 26.6. The fourth-order valence-electron chi connectivity index (χ4n) is 4.97. The number of carbonyl (C=O) groups excluding carboxylic acids is 1. The summed E-state index contributed by atoms with van der Waals surface area (Å²) in [6.45, 7) is 15.3. The molecule has 2 heterocycles. The van der Waals surface area contributed by atoms with Crippen LogP contribution in [0, 0.1) is 5.92 Å². The van der Waals surface area contributed by atoms with E-state index in [0.717, 1.165) is 90.6 Å². The van der Waals surface area contributed by atoms with Gasteiger partial charge in [-0.15, -0.1) is 0 Å². The average molecular weight is 493 g/mol. The smallest absolute Gasteiger partial charge is 0.236 e. The van der Waals surface area contributed by atoms with Gasteiger partial charge < -0.3 is 14.5 Å². The van der Waals surface area contributed by atoms with Crippen LogP contribution >= 0.6 is 0 Å². The Morgan fingerprint density at radius 2 is 1.44 bits per heavy atom. The first-order valence-electron chi connectivity index (χ1n) is 13.8. The lowest BCUT2D eigenvalue weighted by Gasteiger charge is -2.38. The van der Waals surface area contributed by atoms with E-state index in [0.29, 0.717) is 12.5 Å². The second-order valence-corrected chi connectivity index (χ2v) is 10.6. The van der Waals surface area contributed by atoms with Gasteiger partial charge in [0, 0.05) is 71.0 Å². The molecule has 1 amide bonds. The summed E-state index contributed by atoms with van der Waals surface area (Å²) in [5, 5.41) is 0. The van der Waals surface area contributed by atoms with Crippen molar-refractivity contribution in [1.29, 1.82) is 0 Å². The number of ether oxygens (including phenoxy) is 1. The van der Waals surface area contributed by atoms with E-state index in [9.17, 15) is 4.79 Å². The highest BCUT2D eigenvalue weighted by Crippen LogP contribution is 2.21. The van der Waals surface area contributed by atoms with Gasteiger partial charge in [0.2, 0.25) is 5.91 Å². The van der Waals surface area contributed by atoms with E-state index < -0.39 is 0 Å². The molecule has 2 aromatic carbocycles. The Kier molecular flexibility index (Phi) is 10.2. The van der Waals surface area contributed by atoms with Gasteiger partial charge in [0.1, 0.15) is 5.75 Å². The van der Waals surface area contributed by atoms with Crippen LogP contribution in [0.5, 0.6) is 5.75 Å². The molecule has 0 atom stereocenters. The van der Waals surface area contributed by atoms with E-state index in [4.69, 9.17) is 4.74 Å². The predicted molar refractivity (Wildman–Crippen MR) is 146 cm³/mol. The number of amides is 1. The van der Waals surface area contributed by atoms with Crippen LogP contribution in [-0.4, -0.2) is 97.6 Å². The largest absolute Gasteiger partial charge is 0.493 e. The predicted octanol–water partition coefficient (Wildman–Crippen LogP) is 3.62. The van der Waals surface area contributed by atoms with Gasteiger partial charge in [0.15, 0.2) is 0 Å². The number of hydrogen-bond donors (Lipinski definition) is 0. The van der Waals surface area contributed by atoms with Crippen LogP contribution < -0.4 is 4.74 Å². The molecule has 2 aromatic rings. The highest BCUT2D eigenvalue weighted by atomic mass is 16.5. The fourth-order valence-corrected chi connectivity index (χ4v) is 4.97. The van der Waals surface area contributed by atoms with Gasteiger partial charge >= 0.3 is 0 Å². The SMILES string of the molecule is CC(C)CCOc1ccccc1CN1CCN(C(=O)CN2CCN(CCc3ccccc3)CC2)CC1. The van der Waals surface area contributed by atoms with E-state index in [1.807, 2.05) is 6.07 Å². The summed E-state index contributed by atoms with van der Waals surface area (Å²) in [6, 6.07) is 19.1. The molecule has 6 heteroatoms. The topological polar surface area (TPSA) is 39.3 Å². The minimum Gasteiger partial charge on any atom is -0.493 e. The Labute approximate surface area is 217 Å². The Bertz CT molecular complexity index is 920. The zero-order valence-corrected chi connectivity index (χ0v) is 22.3. The molecule has 0 unspecified atom stereocenters. The second kappa shape index (κ2) is 13.8. The van der Waals surface area contributed by atoms with Crippen LogP contribution in [0.4, 0.5) is 0 Å². The third kappa shape index (κ3) is 8.32. The van der Waals surface area contributed by atoms with E-state index in [1.54, 1.807) is 0 Å². The molecule has 6 nitrogen and oxygen atoms in total. The zero-order valence-electron chi connectivity index (χ0n) is 22.3. The van der Waals surface area contributed by atoms with Crippen molar-refractivity contribution < 1.29 is 9.53 Å². The van der Waals surface area contributed by atoms with Gasteiger partial charge in [-0.3, -0.25) is 14.6 Å². The molecule has 0 aromatic heterocycles. The summed E-state index contributed by atoms with van der Waals surface area (Å²) in [5.41, 5.74) is 2.64. The molecule has 2 saturated heterocycles. The Morgan fingerprint density at radius 1 is 0.806 bits per heavy atom. The molecule has 0 saturated carbocycles. The third-order valence-corrected chi connectivity index (χ3v) is 7.43. The van der Waals surface area contributed by atoms with Crippen molar-refractivity contribution in [3.8, 4) is 5.75 Å².